The van der Waals surface area contributed by atoms with Gasteiger partial charge >= 0.3 is 0 Å². The third kappa shape index (κ3) is 13.8. The van der Waals surface area contributed by atoms with Gasteiger partial charge in [-0.1, -0.05) is 60.8 Å². The Morgan fingerprint density at radius 3 is 1.66 bits per heavy atom. The zero-order chi connectivity index (χ0) is 24.0. The van der Waals surface area contributed by atoms with Crippen molar-refractivity contribution in [1.29, 1.82) is 10.5 Å². The maximum absolute atomic E-state index is 12.0. The van der Waals surface area contributed by atoms with Crippen LogP contribution in [0.2, 0.25) is 0 Å². The topological polar surface area (TPSA) is 103 Å². The summed E-state index contributed by atoms with van der Waals surface area (Å²) in [6.07, 6.45) is 9.33. The van der Waals surface area contributed by atoms with Crippen molar-refractivity contribution in [2.45, 2.75) is 124 Å². The molecule has 0 amide bonds. The summed E-state index contributed by atoms with van der Waals surface area (Å²) in [4.78, 5) is 0. The monoisotopic (exact) mass is 491 g/mol. The molecule has 3 atom stereocenters. The highest BCUT2D eigenvalue weighted by Gasteiger charge is 2.30. The van der Waals surface area contributed by atoms with E-state index < -0.39 is 11.0 Å². The summed E-state index contributed by atoms with van der Waals surface area (Å²) in [5, 5.41) is 17.8. The second-order valence-electron chi connectivity index (χ2n) is 9.80. The van der Waals surface area contributed by atoms with Gasteiger partial charge in [0.1, 0.15) is 6.04 Å². The molecule has 7 heteroatoms. The Morgan fingerprint density at radius 2 is 1.34 bits per heavy atom. The lowest BCUT2D eigenvalue weighted by Crippen LogP contribution is -2.43. The molecule has 0 aromatic rings. The second kappa shape index (κ2) is 18.7. The Hall–Kier alpha value is -0.660. The number of hydrogen-bond acceptors (Lipinski definition) is 4. The van der Waals surface area contributed by atoms with Crippen molar-refractivity contribution in [3.8, 4) is 12.1 Å². The zero-order valence-corrected chi connectivity index (χ0v) is 22.2. The average molecular weight is 492 g/mol. The maximum atomic E-state index is 12.0. The van der Waals surface area contributed by atoms with Crippen molar-refractivity contribution in [2.24, 2.45) is 29.4 Å². The number of nitrogens with two attached hydrogens (primary N) is 1. The second-order valence-corrected chi connectivity index (χ2v) is 11.8. The van der Waals surface area contributed by atoms with Gasteiger partial charge in [0, 0.05) is 1.37 Å². The molecule has 0 bridgehead atoms. The van der Waals surface area contributed by atoms with Crippen LogP contribution in [0.25, 0.3) is 0 Å². The van der Waals surface area contributed by atoms with Gasteiger partial charge in [0.15, 0.2) is 0 Å². The van der Waals surface area contributed by atoms with Gasteiger partial charge in [-0.15, -0.1) is 12.4 Å². The molecule has 0 saturated heterocycles. The molecule has 2 aliphatic rings. The molecule has 2 fully saturated rings. The van der Waals surface area contributed by atoms with E-state index in [4.69, 9.17) is 12.4 Å². The number of hydrogen-bond donors (Lipinski definition) is 2. The first-order valence-corrected chi connectivity index (χ1v) is 12.7. The van der Waals surface area contributed by atoms with Crippen molar-refractivity contribution in [3.63, 3.8) is 0 Å². The van der Waals surface area contributed by atoms with Crippen LogP contribution in [-0.2, 0) is 11.0 Å². The highest BCUT2D eigenvalue weighted by molar-refractivity contribution is 7.84. The molecule has 0 aromatic heterocycles. The van der Waals surface area contributed by atoms with Gasteiger partial charge in [0.2, 0.25) is 0 Å². The number of halogens is 1. The first kappa shape index (κ1) is 33.5. The molecule has 32 heavy (non-hydrogen) atoms. The Morgan fingerprint density at radius 1 is 0.969 bits per heavy atom. The van der Waals surface area contributed by atoms with Gasteiger partial charge in [-0.2, -0.15) is 10.5 Å². The highest BCUT2D eigenvalue weighted by atomic mass is 35.5. The van der Waals surface area contributed by atoms with Crippen molar-refractivity contribution in [1.82, 2.24) is 4.72 Å². The normalized spacial score (nSPS) is 28.0. The fourth-order valence-electron chi connectivity index (χ4n) is 3.89. The minimum absolute atomic E-state index is 0. The highest BCUT2D eigenvalue weighted by Crippen LogP contribution is 2.31. The Kier molecular flexibility index (Phi) is 19.6. The van der Waals surface area contributed by atoms with E-state index in [1.807, 2.05) is 20.8 Å². The van der Waals surface area contributed by atoms with Gasteiger partial charge < -0.3 is 5.73 Å². The van der Waals surface area contributed by atoms with Gasteiger partial charge in [-0.3, -0.25) is 0 Å². The van der Waals surface area contributed by atoms with Crippen molar-refractivity contribution >= 4 is 23.4 Å². The van der Waals surface area contributed by atoms with E-state index >= 15 is 0 Å². The average Bonchev–Trinajstić information content (AvgIpc) is 2.73. The van der Waals surface area contributed by atoms with Gasteiger partial charge in [0.25, 0.3) is 0 Å². The minimum Gasteiger partial charge on any atom is -0.316 e. The zero-order valence-electron chi connectivity index (χ0n) is 21.5. The maximum Gasteiger partial charge on any atom is 0.109 e. The Balaban J connectivity index is -0.000000489. The van der Waals surface area contributed by atoms with E-state index in [0.717, 1.165) is 37.5 Å². The molecule has 0 aromatic carbocycles. The third-order valence-corrected chi connectivity index (χ3v) is 7.76. The molecule has 0 spiro atoms. The SMILES string of the molecule is C.CC1CCC([C@@H](C#N)N[S@@](=O)C(C)(C)C)CC1.CC1CCC([C@H](N)C#N)CC1.Cl.[2H]CC. The van der Waals surface area contributed by atoms with E-state index in [2.05, 4.69) is 30.7 Å². The van der Waals surface area contributed by atoms with E-state index in [0.29, 0.717) is 18.7 Å². The molecule has 3 N–H and O–H groups in total. The lowest BCUT2D eigenvalue weighted by molar-refractivity contribution is 0.269. The fourth-order valence-corrected chi connectivity index (χ4v) is 4.72. The molecule has 0 radical (unpaired) electrons. The van der Waals surface area contributed by atoms with Crippen molar-refractivity contribution < 1.29 is 5.58 Å². The minimum atomic E-state index is -1.15. The smallest absolute Gasteiger partial charge is 0.109 e. The third-order valence-electron chi connectivity index (χ3n) is 6.18. The summed E-state index contributed by atoms with van der Waals surface area (Å²) in [5.74, 6) is 2.45. The number of rotatable bonds is 4. The fraction of sp³-hybridized carbons (Fsp3) is 0.920. The summed E-state index contributed by atoms with van der Waals surface area (Å²) in [6.45, 7) is 12.6. The van der Waals surface area contributed by atoms with Gasteiger partial charge in [-0.25, -0.2) is 8.93 Å². The van der Waals surface area contributed by atoms with E-state index in [-0.39, 0.29) is 36.7 Å². The standard InChI is InChI=1S/C13H24N2OS.C9H16N2.C2H6.CH4.ClH/c1-10-5-7-11(8-6-10)12(9-14)15-17(16)13(2,3)4;1-7-2-4-8(5-3-7)9(11)6-10;1-2;;/h10-12,15H,5-8H2,1-4H3;7-9H,2-5,11H2,1H3;1-2H3;1H4;1H/t10?,11?,12-,17+;7?,8?,9-;;;/m11.../s1/i;;1D;;. The van der Waals surface area contributed by atoms with Crippen LogP contribution < -0.4 is 10.5 Å². The predicted octanol–water partition coefficient (Wildman–Crippen LogP) is 6.50. The molecular weight excluding hydrogens is 440 g/mol. The molecule has 0 aliphatic heterocycles. The van der Waals surface area contributed by atoms with E-state index in [1.54, 1.807) is 6.92 Å². The van der Waals surface area contributed by atoms with Gasteiger partial charge in [0.05, 0.1) is 33.9 Å². The van der Waals surface area contributed by atoms with Crippen LogP contribution in [0.15, 0.2) is 0 Å². The summed E-state index contributed by atoms with van der Waals surface area (Å²) >= 11 is 0. The van der Waals surface area contributed by atoms with Crippen LogP contribution in [-0.4, -0.2) is 21.0 Å². The number of nitrogens with one attached hydrogen (secondary N) is 1. The quantitative estimate of drug-likeness (QED) is 0.468. The van der Waals surface area contributed by atoms with Crippen molar-refractivity contribution in [2.75, 3.05) is 0 Å². The molecule has 0 unspecified atom stereocenters. The molecular formula is C25H51ClN4OS. The van der Waals surface area contributed by atoms with Crippen LogP contribution in [0.3, 0.4) is 0 Å². The van der Waals surface area contributed by atoms with Crippen LogP contribution in [0.4, 0.5) is 0 Å². The van der Waals surface area contributed by atoms with E-state index in [9.17, 15) is 9.47 Å². The van der Waals surface area contributed by atoms with E-state index in [1.165, 1.54) is 25.7 Å². The summed E-state index contributed by atoms with van der Waals surface area (Å²) in [6, 6.07) is 3.93. The largest absolute Gasteiger partial charge is 0.316 e. The summed E-state index contributed by atoms with van der Waals surface area (Å²) in [7, 11) is -1.15. The molecule has 2 rings (SSSR count). The first-order valence-electron chi connectivity index (χ1n) is 12.2. The van der Waals surface area contributed by atoms with Crippen molar-refractivity contribution in [3.05, 3.63) is 0 Å². The molecule has 2 saturated carbocycles. The summed E-state index contributed by atoms with van der Waals surface area (Å²) < 4.78 is 20.9. The number of nitriles is 2. The lowest BCUT2D eigenvalue weighted by atomic mass is 9.80. The molecule has 2 aliphatic carbocycles. The molecule has 5 nitrogen and oxygen atoms in total. The summed E-state index contributed by atoms with van der Waals surface area (Å²) in [5.41, 5.74) is 5.63. The number of nitrogens with zero attached hydrogens (tertiary/aromatic N) is 2. The Labute approximate surface area is 209 Å². The van der Waals surface area contributed by atoms with Gasteiger partial charge in [-0.05, 0) is 70.1 Å². The Bertz CT molecular complexity index is 587. The van der Waals surface area contributed by atoms with Crippen LogP contribution >= 0.6 is 12.4 Å². The predicted molar refractivity (Wildman–Crippen MR) is 142 cm³/mol. The van der Waals surface area contributed by atoms with Crippen LogP contribution in [0.1, 0.15) is 109 Å². The van der Waals surface area contributed by atoms with Crippen LogP contribution in [0.5, 0.6) is 0 Å². The van der Waals surface area contributed by atoms with Crippen LogP contribution in [0, 0.1) is 46.3 Å². The lowest BCUT2D eigenvalue weighted by Gasteiger charge is -2.30. The first-order chi connectivity index (χ1) is 14.5. The molecule has 190 valence electrons. The molecule has 0 heterocycles.